The summed E-state index contributed by atoms with van der Waals surface area (Å²) in [6.45, 7) is 1.58. The van der Waals surface area contributed by atoms with E-state index < -0.39 is 10.0 Å². The zero-order chi connectivity index (χ0) is 13.7. The van der Waals surface area contributed by atoms with E-state index in [1.54, 1.807) is 18.2 Å². The molecule has 2 rings (SSSR count). The van der Waals surface area contributed by atoms with Crippen molar-refractivity contribution < 1.29 is 17.9 Å². The first-order valence-electron chi connectivity index (χ1n) is 5.88. The van der Waals surface area contributed by atoms with Gasteiger partial charge in [-0.25, -0.2) is 13.1 Å². The van der Waals surface area contributed by atoms with Gasteiger partial charge in [0, 0.05) is 6.54 Å². The highest BCUT2D eigenvalue weighted by Gasteiger charge is 2.21. The normalized spacial score (nSPS) is 20.2. The van der Waals surface area contributed by atoms with Crippen molar-refractivity contribution in [2.24, 2.45) is 5.84 Å². The van der Waals surface area contributed by atoms with Crippen molar-refractivity contribution in [1.82, 2.24) is 4.72 Å². The summed E-state index contributed by atoms with van der Waals surface area (Å²) in [5.41, 5.74) is 2.71. The quantitative estimate of drug-likeness (QED) is 0.506. The van der Waals surface area contributed by atoms with E-state index in [-0.39, 0.29) is 17.5 Å². The van der Waals surface area contributed by atoms with Crippen molar-refractivity contribution in [3.63, 3.8) is 0 Å². The minimum absolute atomic E-state index is 0.106. The van der Waals surface area contributed by atoms with Crippen LogP contribution in [-0.2, 0) is 19.5 Å². The Hall–Kier alpha value is -1.19. The second kappa shape index (κ2) is 6.31. The fourth-order valence-electron chi connectivity index (χ4n) is 1.76. The van der Waals surface area contributed by atoms with E-state index in [9.17, 15) is 8.42 Å². The molecule has 0 radical (unpaired) electrons. The lowest BCUT2D eigenvalue weighted by Gasteiger charge is -2.23. The first kappa shape index (κ1) is 14.2. The van der Waals surface area contributed by atoms with Gasteiger partial charge >= 0.3 is 0 Å². The number of ether oxygens (including phenoxy) is 2. The minimum Gasteiger partial charge on any atom is -0.376 e. The summed E-state index contributed by atoms with van der Waals surface area (Å²) in [5.74, 6) is 5.30. The van der Waals surface area contributed by atoms with Crippen LogP contribution in [0, 0.1) is 0 Å². The van der Waals surface area contributed by atoms with Crippen LogP contribution in [0.4, 0.5) is 5.69 Å². The highest BCUT2D eigenvalue weighted by Crippen LogP contribution is 2.19. The number of sulfonamides is 1. The summed E-state index contributed by atoms with van der Waals surface area (Å²) in [6, 6.07) is 6.41. The Labute approximate surface area is 112 Å². The van der Waals surface area contributed by atoms with Crippen molar-refractivity contribution >= 4 is 15.7 Å². The fraction of sp³-hybridized carbons (Fsp3) is 0.455. The van der Waals surface area contributed by atoms with Crippen LogP contribution in [-0.4, -0.2) is 40.9 Å². The van der Waals surface area contributed by atoms with E-state index in [1.165, 1.54) is 6.07 Å². The molecule has 1 atom stereocenters. The molecule has 0 aliphatic carbocycles. The minimum atomic E-state index is -3.63. The van der Waals surface area contributed by atoms with Crippen molar-refractivity contribution in [1.29, 1.82) is 0 Å². The molecule has 1 unspecified atom stereocenters. The van der Waals surface area contributed by atoms with Crippen LogP contribution in [0.2, 0.25) is 0 Å². The van der Waals surface area contributed by atoms with Crippen LogP contribution in [0.1, 0.15) is 0 Å². The Kier molecular flexibility index (Phi) is 4.72. The maximum absolute atomic E-state index is 12.2. The Morgan fingerprint density at radius 1 is 1.32 bits per heavy atom. The molecule has 4 N–H and O–H groups in total. The number of benzene rings is 1. The van der Waals surface area contributed by atoms with Gasteiger partial charge in [0.1, 0.15) is 4.90 Å². The molecular weight excluding hydrogens is 270 g/mol. The summed E-state index contributed by atoms with van der Waals surface area (Å²) in [4.78, 5) is 0.106. The second-order valence-electron chi connectivity index (χ2n) is 4.06. The summed E-state index contributed by atoms with van der Waals surface area (Å²) >= 11 is 0. The van der Waals surface area contributed by atoms with Crippen LogP contribution in [0.15, 0.2) is 29.2 Å². The molecule has 0 spiro atoms. The number of hydrazine groups is 1. The van der Waals surface area contributed by atoms with Gasteiger partial charge in [0.2, 0.25) is 10.0 Å². The molecular formula is C11H17N3O4S. The zero-order valence-electron chi connectivity index (χ0n) is 10.3. The molecule has 1 aromatic rings. The van der Waals surface area contributed by atoms with Crippen molar-refractivity contribution in [3.05, 3.63) is 24.3 Å². The molecule has 0 aromatic heterocycles. The molecule has 0 amide bonds. The van der Waals surface area contributed by atoms with E-state index >= 15 is 0 Å². The summed E-state index contributed by atoms with van der Waals surface area (Å²) in [6.07, 6.45) is -0.262. The average Bonchev–Trinajstić information content (AvgIpc) is 2.46. The fourth-order valence-corrected chi connectivity index (χ4v) is 2.99. The Morgan fingerprint density at radius 2 is 2.11 bits per heavy atom. The van der Waals surface area contributed by atoms with Crippen LogP contribution in [0.5, 0.6) is 0 Å². The van der Waals surface area contributed by atoms with Gasteiger partial charge in [0.25, 0.3) is 0 Å². The van der Waals surface area contributed by atoms with Crippen LogP contribution in [0.3, 0.4) is 0 Å². The lowest BCUT2D eigenvalue weighted by atomic mass is 10.3. The zero-order valence-corrected chi connectivity index (χ0v) is 11.2. The number of nitrogen functional groups attached to an aromatic ring is 1. The molecule has 1 aliphatic heterocycles. The molecule has 1 heterocycles. The van der Waals surface area contributed by atoms with Gasteiger partial charge in [-0.3, -0.25) is 5.84 Å². The topological polar surface area (TPSA) is 103 Å². The number of para-hydroxylation sites is 1. The van der Waals surface area contributed by atoms with Gasteiger partial charge in [-0.15, -0.1) is 0 Å². The van der Waals surface area contributed by atoms with Crippen LogP contribution in [0.25, 0.3) is 0 Å². The van der Waals surface area contributed by atoms with Crippen LogP contribution >= 0.6 is 0 Å². The molecule has 8 heteroatoms. The van der Waals surface area contributed by atoms with E-state index in [2.05, 4.69) is 10.1 Å². The summed E-state index contributed by atoms with van der Waals surface area (Å²) in [5, 5.41) is 0. The van der Waals surface area contributed by atoms with Gasteiger partial charge < -0.3 is 14.9 Å². The lowest BCUT2D eigenvalue weighted by Crippen LogP contribution is -2.39. The Balaban J connectivity index is 2.05. The van der Waals surface area contributed by atoms with Gasteiger partial charge in [-0.05, 0) is 12.1 Å². The monoisotopic (exact) mass is 287 g/mol. The van der Waals surface area contributed by atoms with E-state index in [0.29, 0.717) is 25.5 Å². The van der Waals surface area contributed by atoms with E-state index in [1.807, 2.05) is 0 Å². The maximum Gasteiger partial charge on any atom is 0.242 e. The first-order valence-corrected chi connectivity index (χ1v) is 7.36. The van der Waals surface area contributed by atoms with E-state index in [4.69, 9.17) is 15.3 Å². The van der Waals surface area contributed by atoms with Gasteiger partial charge in [-0.2, -0.15) is 0 Å². The molecule has 0 bridgehead atoms. The van der Waals surface area contributed by atoms with Crippen molar-refractivity contribution in [2.75, 3.05) is 31.8 Å². The second-order valence-corrected chi connectivity index (χ2v) is 5.80. The first-order chi connectivity index (χ1) is 9.13. The largest absolute Gasteiger partial charge is 0.376 e. The number of nitrogens with one attached hydrogen (secondary N) is 2. The molecule has 7 nitrogen and oxygen atoms in total. The third-order valence-corrected chi connectivity index (χ3v) is 4.20. The summed E-state index contributed by atoms with van der Waals surface area (Å²) in [7, 11) is -3.63. The highest BCUT2D eigenvalue weighted by molar-refractivity contribution is 7.89. The van der Waals surface area contributed by atoms with Gasteiger partial charge in [0.15, 0.2) is 0 Å². The van der Waals surface area contributed by atoms with E-state index in [0.717, 1.165) is 0 Å². The standard InChI is InChI=1S/C11H17N3O4S/c12-14-10-3-1-2-4-11(10)19(15,16)13-7-9-8-17-5-6-18-9/h1-4,9,13-14H,5-8,12H2. The maximum atomic E-state index is 12.2. The molecule has 1 saturated heterocycles. The summed E-state index contributed by atoms with van der Waals surface area (Å²) < 4.78 is 37.4. The molecule has 1 aliphatic rings. The lowest BCUT2D eigenvalue weighted by molar-refractivity contribution is -0.0846. The smallest absolute Gasteiger partial charge is 0.242 e. The number of hydrogen-bond acceptors (Lipinski definition) is 6. The van der Waals surface area contributed by atoms with Crippen LogP contribution < -0.4 is 16.0 Å². The predicted molar refractivity (Wildman–Crippen MR) is 70.0 cm³/mol. The Morgan fingerprint density at radius 3 is 2.79 bits per heavy atom. The SMILES string of the molecule is NNc1ccccc1S(=O)(=O)NCC1COCCO1. The molecule has 19 heavy (non-hydrogen) atoms. The van der Waals surface area contributed by atoms with Gasteiger partial charge in [0.05, 0.1) is 31.6 Å². The third kappa shape index (κ3) is 3.64. The number of hydrogen-bond donors (Lipinski definition) is 3. The molecule has 106 valence electrons. The van der Waals surface area contributed by atoms with Crippen molar-refractivity contribution in [3.8, 4) is 0 Å². The number of nitrogens with two attached hydrogens (primary N) is 1. The van der Waals surface area contributed by atoms with Crippen molar-refractivity contribution in [2.45, 2.75) is 11.0 Å². The number of rotatable bonds is 5. The number of anilines is 1. The molecule has 1 fully saturated rings. The Bertz CT molecular complexity index is 514. The van der Waals surface area contributed by atoms with Gasteiger partial charge in [-0.1, -0.05) is 12.1 Å². The molecule has 0 saturated carbocycles. The third-order valence-electron chi connectivity index (χ3n) is 2.72. The average molecular weight is 287 g/mol. The molecule has 1 aromatic carbocycles. The highest BCUT2D eigenvalue weighted by atomic mass is 32.2. The predicted octanol–water partition coefficient (Wildman–Crippen LogP) is -0.334.